The van der Waals surface area contributed by atoms with Gasteiger partial charge in [-0.25, -0.2) is 0 Å². The van der Waals surface area contributed by atoms with Crippen molar-refractivity contribution >= 4 is 43.1 Å². The second-order valence-corrected chi connectivity index (χ2v) is 11.3. The van der Waals surface area contributed by atoms with Crippen molar-refractivity contribution in [1.29, 1.82) is 0 Å². The molecule has 1 saturated carbocycles. The van der Waals surface area contributed by atoms with Gasteiger partial charge in [0.1, 0.15) is 16.3 Å². The van der Waals surface area contributed by atoms with Crippen LogP contribution in [0.25, 0.3) is 44.0 Å². The molecule has 1 aliphatic rings. The molecule has 1 fully saturated rings. The van der Waals surface area contributed by atoms with Crippen LogP contribution in [0.2, 0.25) is 0 Å². The average molecular weight is 530 g/mol. The van der Waals surface area contributed by atoms with E-state index in [0.717, 1.165) is 36.4 Å². The number of nitrogens with one attached hydrogen (secondary N) is 1. The Balaban J connectivity index is 1.74. The Morgan fingerprint density at radius 2 is 1.95 bits per heavy atom. The van der Waals surface area contributed by atoms with Gasteiger partial charge in [-0.1, -0.05) is 12.0 Å². The monoisotopic (exact) mass is 529 g/mol. The summed E-state index contributed by atoms with van der Waals surface area (Å²) in [6.45, 7) is 3.71. The standard InChI is InChI=1S/C29H24FN3O4S/c1-4-17-8-9-21-24(10-17)32-29-27(21)28(34)23-13-26(37-16(2)3)22(12-25(23)33(29)19-6-5-7-19)18-11-20(15-31-14-18)38(30,35)36/h1,8-16,19,32H,5-7H2,2-3H3. The number of fused-ring (bicyclic) bond motifs is 4. The molecule has 3 aromatic heterocycles. The Morgan fingerprint density at radius 3 is 2.61 bits per heavy atom. The fourth-order valence-corrected chi connectivity index (χ4v) is 5.64. The summed E-state index contributed by atoms with van der Waals surface area (Å²) in [6.07, 6.45) is 10.8. The molecule has 6 rings (SSSR count). The highest BCUT2D eigenvalue weighted by molar-refractivity contribution is 7.86. The zero-order valence-corrected chi connectivity index (χ0v) is 21.6. The fourth-order valence-electron chi connectivity index (χ4n) is 5.19. The predicted molar refractivity (Wildman–Crippen MR) is 146 cm³/mol. The van der Waals surface area contributed by atoms with Crippen LogP contribution in [0.5, 0.6) is 5.75 Å². The molecule has 0 spiro atoms. The molecule has 1 aliphatic carbocycles. The molecule has 9 heteroatoms. The van der Waals surface area contributed by atoms with E-state index < -0.39 is 15.1 Å². The van der Waals surface area contributed by atoms with Gasteiger partial charge in [-0.05, 0) is 63.4 Å². The number of benzene rings is 2. The summed E-state index contributed by atoms with van der Waals surface area (Å²) in [6, 6.07) is 10.5. The van der Waals surface area contributed by atoms with E-state index in [1.807, 2.05) is 38.1 Å². The minimum absolute atomic E-state index is 0.149. The largest absolute Gasteiger partial charge is 0.490 e. The molecule has 0 saturated heterocycles. The van der Waals surface area contributed by atoms with Gasteiger partial charge in [0.2, 0.25) is 0 Å². The van der Waals surface area contributed by atoms with Crippen molar-refractivity contribution in [3.8, 4) is 29.2 Å². The molecule has 1 N–H and O–H groups in total. The summed E-state index contributed by atoms with van der Waals surface area (Å²) in [5.74, 6) is 3.02. The van der Waals surface area contributed by atoms with E-state index in [1.54, 1.807) is 6.07 Å². The molecule has 0 aliphatic heterocycles. The first-order chi connectivity index (χ1) is 18.2. The normalized spacial score (nSPS) is 14.3. The number of hydrogen-bond donors (Lipinski definition) is 1. The van der Waals surface area contributed by atoms with E-state index in [0.29, 0.717) is 44.4 Å². The zero-order valence-electron chi connectivity index (χ0n) is 20.8. The van der Waals surface area contributed by atoms with Gasteiger partial charge < -0.3 is 14.3 Å². The molecule has 7 nitrogen and oxygen atoms in total. The second kappa shape index (κ2) is 8.71. The van der Waals surface area contributed by atoms with Crippen molar-refractivity contribution in [3.63, 3.8) is 0 Å². The van der Waals surface area contributed by atoms with Crippen LogP contribution in [0.15, 0.2) is 58.5 Å². The molecule has 0 unspecified atom stereocenters. The van der Waals surface area contributed by atoms with E-state index in [2.05, 4.69) is 20.5 Å². The first-order valence-corrected chi connectivity index (χ1v) is 13.7. The summed E-state index contributed by atoms with van der Waals surface area (Å²) >= 11 is 0. The predicted octanol–water partition coefficient (Wildman–Crippen LogP) is 5.85. The average Bonchev–Trinajstić information content (AvgIpc) is 3.23. The minimum atomic E-state index is -4.96. The maximum atomic E-state index is 14.0. The quantitative estimate of drug-likeness (QED) is 0.228. The SMILES string of the molecule is C#Cc1ccc2c(c1)[nH]c1c2c(=O)c2cc(OC(C)C)c(-c3cncc(S(=O)(=O)F)c3)cc2n1C1CCC1. The molecule has 3 heterocycles. The third-order valence-electron chi connectivity index (χ3n) is 7.12. The van der Waals surface area contributed by atoms with Gasteiger partial charge >= 0.3 is 10.2 Å². The van der Waals surface area contributed by atoms with Crippen molar-refractivity contribution in [3.05, 3.63) is 64.6 Å². The molecule has 0 bridgehead atoms. The van der Waals surface area contributed by atoms with Crippen molar-refractivity contribution in [1.82, 2.24) is 14.5 Å². The molecule has 0 amide bonds. The van der Waals surface area contributed by atoms with E-state index >= 15 is 0 Å². The summed E-state index contributed by atoms with van der Waals surface area (Å²) < 4.78 is 45.3. The Morgan fingerprint density at radius 1 is 1.16 bits per heavy atom. The lowest BCUT2D eigenvalue weighted by Gasteiger charge is -2.31. The first-order valence-electron chi connectivity index (χ1n) is 12.4. The van der Waals surface area contributed by atoms with Crippen LogP contribution in [0.3, 0.4) is 0 Å². The molecule has 38 heavy (non-hydrogen) atoms. The van der Waals surface area contributed by atoms with Crippen LogP contribution in [0, 0.1) is 12.3 Å². The minimum Gasteiger partial charge on any atom is -0.490 e. The number of halogens is 1. The van der Waals surface area contributed by atoms with Gasteiger partial charge in [0.25, 0.3) is 0 Å². The molecule has 0 atom stereocenters. The number of aromatic amines is 1. The third-order valence-corrected chi connectivity index (χ3v) is 7.91. The maximum Gasteiger partial charge on any atom is 0.333 e. The lowest BCUT2D eigenvalue weighted by molar-refractivity contribution is 0.244. The Labute approximate surface area is 218 Å². The number of pyridine rings is 2. The van der Waals surface area contributed by atoms with Crippen LogP contribution < -0.4 is 10.2 Å². The van der Waals surface area contributed by atoms with Crippen LogP contribution in [0.1, 0.15) is 44.7 Å². The summed E-state index contributed by atoms with van der Waals surface area (Å²) in [5.41, 5.74) is 3.60. The molecular weight excluding hydrogens is 505 g/mol. The van der Waals surface area contributed by atoms with Crippen molar-refractivity contribution < 1.29 is 17.0 Å². The highest BCUT2D eigenvalue weighted by Gasteiger charge is 2.27. The number of nitrogens with zero attached hydrogens (tertiary/aromatic N) is 2. The number of rotatable bonds is 5. The van der Waals surface area contributed by atoms with E-state index in [1.165, 1.54) is 12.3 Å². The fraction of sp³-hybridized carbons (Fsp3) is 0.241. The highest BCUT2D eigenvalue weighted by Crippen LogP contribution is 2.41. The van der Waals surface area contributed by atoms with Crippen LogP contribution >= 0.6 is 0 Å². The second-order valence-electron chi connectivity index (χ2n) is 9.92. The lowest BCUT2D eigenvalue weighted by Crippen LogP contribution is -2.21. The number of hydrogen-bond acceptors (Lipinski definition) is 5. The van der Waals surface area contributed by atoms with Crippen molar-refractivity contribution in [2.24, 2.45) is 0 Å². The van der Waals surface area contributed by atoms with Crippen molar-refractivity contribution in [2.45, 2.75) is 50.2 Å². The van der Waals surface area contributed by atoms with Crippen LogP contribution in [-0.2, 0) is 10.2 Å². The Kier molecular flexibility index (Phi) is 5.54. The molecule has 5 aromatic rings. The summed E-state index contributed by atoms with van der Waals surface area (Å²) in [7, 11) is -4.96. The molecular formula is C29H24FN3O4S. The molecule has 192 valence electrons. The molecule has 0 radical (unpaired) electrons. The summed E-state index contributed by atoms with van der Waals surface area (Å²) in [5, 5.41) is 1.85. The van der Waals surface area contributed by atoms with Gasteiger partial charge in [0.15, 0.2) is 5.43 Å². The number of ether oxygens (including phenoxy) is 1. The van der Waals surface area contributed by atoms with E-state index in [-0.39, 0.29) is 17.6 Å². The summed E-state index contributed by atoms with van der Waals surface area (Å²) in [4.78, 5) is 20.8. The maximum absolute atomic E-state index is 14.0. The number of terminal acetylenes is 1. The van der Waals surface area contributed by atoms with Gasteiger partial charge in [0, 0.05) is 46.0 Å². The third kappa shape index (κ3) is 3.84. The van der Waals surface area contributed by atoms with E-state index in [4.69, 9.17) is 11.2 Å². The zero-order chi connectivity index (χ0) is 26.8. The highest BCUT2D eigenvalue weighted by atomic mass is 32.3. The topological polar surface area (TPSA) is 94.1 Å². The Bertz CT molecular complexity index is 1980. The van der Waals surface area contributed by atoms with Crippen LogP contribution in [-0.4, -0.2) is 29.1 Å². The number of H-pyrrole nitrogens is 1. The van der Waals surface area contributed by atoms with Gasteiger partial charge in [0.05, 0.1) is 22.4 Å². The van der Waals surface area contributed by atoms with Crippen molar-refractivity contribution in [2.75, 3.05) is 0 Å². The Hall–Kier alpha value is -4.16. The van der Waals surface area contributed by atoms with E-state index in [9.17, 15) is 17.1 Å². The lowest BCUT2D eigenvalue weighted by atomic mass is 9.91. The van der Waals surface area contributed by atoms with Gasteiger partial charge in [-0.2, -0.15) is 8.42 Å². The molecule has 2 aromatic carbocycles. The van der Waals surface area contributed by atoms with Gasteiger partial charge in [-0.15, -0.1) is 10.3 Å². The van der Waals surface area contributed by atoms with Gasteiger partial charge in [-0.3, -0.25) is 9.78 Å². The van der Waals surface area contributed by atoms with Crippen LogP contribution in [0.4, 0.5) is 3.89 Å². The number of aromatic nitrogens is 3. The smallest absolute Gasteiger partial charge is 0.333 e. The first kappa shape index (κ1) is 24.2.